The van der Waals surface area contributed by atoms with Crippen LogP contribution in [0.4, 0.5) is 0 Å². The average molecular weight is 340 g/mol. The van der Waals surface area contributed by atoms with Gasteiger partial charge in [0.25, 0.3) is 0 Å². The first-order chi connectivity index (χ1) is 12.2. The summed E-state index contributed by atoms with van der Waals surface area (Å²) in [6, 6.07) is 14.9. The van der Waals surface area contributed by atoms with E-state index in [9.17, 15) is 0 Å². The molecule has 0 spiro atoms. The quantitative estimate of drug-likeness (QED) is 0.805. The lowest BCUT2D eigenvalue weighted by Crippen LogP contribution is -2.45. The van der Waals surface area contributed by atoms with Crippen LogP contribution in [-0.4, -0.2) is 50.2 Å². The molecule has 1 saturated heterocycles. The Morgan fingerprint density at radius 3 is 2.08 bits per heavy atom. The standard InChI is InChI=1S/C21H28N2O2/c1-17-6-4-5-7-19(17)16-23-12-10-22(11-13-23)15-18-8-9-20(24-2)21(14-18)25-3/h4-9,14H,10-13,15-16H2,1-3H3. The fourth-order valence-electron chi connectivity index (χ4n) is 3.37. The molecule has 0 radical (unpaired) electrons. The molecule has 134 valence electrons. The second-order valence-corrected chi connectivity index (χ2v) is 6.67. The minimum absolute atomic E-state index is 0.786. The Labute approximate surface area is 151 Å². The molecule has 0 bridgehead atoms. The van der Waals surface area contributed by atoms with Crippen LogP contribution in [0, 0.1) is 6.92 Å². The molecule has 3 rings (SSSR count). The van der Waals surface area contributed by atoms with Crippen molar-refractivity contribution in [2.45, 2.75) is 20.0 Å². The van der Waals surface area contributed by atoms with E-state index < -0.39 is 0 Å². The van der Waals surface area contributed by atoms with Crippen LogP contribution in [0.5, 0.6) is 11.5 Å². The maximum absolute atomic E-state index is 5.41. The third kappa shape index (κ3) is 4.53. The summed E-state index contributed by atoms with van der Waals surface area (Å²) in [5.74, 6) is 1.59. The van der Waals surface area contributed by atoms with Gasteiger partial charge in [0.2, 0.25) is 0 Å². The smallest absolute Gasteiger partial charge is 0.161 e. The van der Waals surface area contributed by atoms with E-state index in [1.807, 2.05) is 6.07 Å². The summed E-state index contributed by atoms with van der Waals surface area (Å²) in [5.41, 5.74) is 4.09. The summed E-state index contributed by atoms with van der Waals surface area (Å²) in [7, 11) is 3.36. The first-order valence-corrected chi connectivity index (χ1v) is 8.89. The number of methoxy groups -OCH3 is 2. The first kappa shape index (κ1) is 17.8. The van der Waals surface area contributed by atoms with E-state index in [1.54, 1.807) is 14.2 Å². The van der Waals surface area contributed by atoms with E-state index >= 15 is 0 Å². The molecule has 1 aliphatic rings. The number of ether oxygens (including phenoxy) is 2. The number of benzene rings is 2. The van der Waals surface area contributed by atoms with Crippen molar-refractivity contribution in [3.63, 3.8) is 0 Å². The SMILES string of the molecule is COc1ccc(CN2CCN(Cc3ccccc3C)CC2)cc1OC. The van der Waals surface area contributed by atoms with Gasteiger partial charge in [-0.05, 0) is 35.7 Å². The maximum Gasteiger partial charge on any atom is 0.161 e. The summed E-state index contributed by atoms with van der Waals surface area (Å²) < 4.78 is 10.7. The molecule has 0 N–H and O–H groups in total. The molecule has 1 heterocycles. The van der Waals surface area contributed by atoms with Crippen LogP contribution >= 0.6 is 0 Å². The van der Waals surface area contributed by atoms with Crippen molar-refractivity contribution in [2.75, 3.05) is 40.4 Å². The number of piperazine rings is 1. The Hall–Kier alpha value is -2.04. The van der Waals surface area contributed by atoms with Gasteiger partial charge in [-0.3, -0.25) is 9.80 Å². The number of aryl methyl sites for hydroxylation is 1. The highest BCUT2D eigenvalue weighted by atomic mass is 16.5. The molecule has 1 aliphatic heterocycles. The molecule has 2 aromatic carbocycles. The predicted octanol–water partition coefficient (Wildman–Crippen LogP) is 3.33. The largest absolute Gasteiger partial charge is 0.493 e. The van der Waals surface area contributed by atoms with Gasteiger partial charge in [-0.25, -0.2) is 0 Å². The van der Waals surface area contributed by atoms with Crippen molar-refractivity contribution in [2.24, 2.45) is 0 Å². The molecule has 2 aromatic rings. The number of nitrogens with zero attached hydrogens (tertiary/aromatic N) is 2. The van der Waals surface area contributed by atoms with Gasteiger partial charge in [0.1, 0.15) is 0 Å². The van der Waals surface area contributed by atoms with Gasteiger partial charge in [-0.1, -0.05) is 30.3 Å². The number of hydrogen-bond donors (Lipinski definition) is 0. The molecule has 0 atom stereocenters. The zero-order valence-corrected chi connectivity index (χ0v) is 15.5. The van der Waals surface area contributed by atoms with E-state index in [2.05, 4.69) is 53.1 Å². The predicted molar refractivity (Wildman–Crippen MR) is 101 cm³/mol. The Bertz CT molecular complexity index is 694. The Balaban J connectivity index is 1.53. The topological polar surface area (TPSA) is 24.9 Å². The second kappa shape index (κ2) is 8.37. The summed E-state index contributed by atoms with van der Waals surface area (Å²) in [4.78, 5) is 5.06. The minimum Gasteiger partial charge on any atom is -0.493 e. The fraction of sp³-hybridized carbons (Fsp3) is 0.429. The third-order valence-electron chi connectivity index (χ3n) is 4.97. The Morgan fingerprint density at radius 1 is 0.800 bits per heavy atom. The van der Waals surface area contributed by atoms with Crippen LogP contribution in [0.2, 0.25) is 0 Å². The van der Waals surface area contributed by atoms with Crippen LogP contribution in [0.15, 0.2) is 42.5 Å². The van der Waals surface area contributed by atoms with E-state index in [1.165, 1.54) is 16.7 Å². The van der Waals surface area contributed by atoms with Crippen LogP contribution in [0.25, 0.3) is 0 Å². The van der Waals surface area contributed by atoms with Gasteiger partial charge >= 0.3 is 0 Å². The molecule has 4 nitrogen and oxygen atoms in total. The molecular weight excluding hydrogens is 312 g/mol. The van der Waals surface area contributed by atoms with Crippen molar-refractivity contribution in [1.82, 2.24) is 9.80 Å². The zero-order valence-electron chi connectivity index (χ0n) is 15.5. The average Bonchev–Trinajstić information content (AvgIpc) is 2.65. The van der Waals surface area contributed by atoms with Gasteiger partial charge in [0, 0.05) is 39.3 Å². The van der Waals surface area contributed by atoms with Gasteiger partial charge < -0.3 is 9.47 Å². The van der Waals surface area contributed by atoms with Gasteiger partial charge in [-0.2, -0.15) is 0 Å². The highest BCUT2D eigenvalue weighted by Gasteiger charge is 2.18. The van der Waals surface area contributed by atoms with Crippen molar-refractivity contribution in [3.8, 4) is 11.5 Å². The van der Waals surface area contributed by atoms with E-state index in [0.717, 1.165) is 50.8 Å². The molecule has 0 amide bonds. The van der Waals surface area contributed by atoms with Crippen LogP contribution < -0.4 is 9.47 Å². The Morgan fingerprint density at radius 2 is 1.44 bits per heavy atom. The highest BCUT2D eigenvalue weighted by molar-refractivity contribution is 5.42. The monoisotopic (exact) mass is 340 g/mol. The lowest BCUT2D eigenvalue weighted by atomic mass is 10.1. The van der Waals surface area contributed by atoms with E-state index in [0.29, 0.717) is 0 Å². The zero-order chi connectivity index (χ0) is 17.6. The summed E-state index contributed by atoms with van der Waals surface area (Å²) in [5, 5.41) is 0. The first-order valence-electron chi connectivity index (χ1n) is 8.89. The van der Waals surface area contributed by atoms with Crippen molar-refractivity contribution in [3.05, 3.63) is 59.2 Å². The molecule has 0 aromatic heterocycles. The number of hydrogen-bond acceptors (Lipinski definition) is 4. The van der Waals surface area contributed by atoms with Crippen LogP contribution in [-0.2, 0) is 13.1 Å². The Kier molecular flexibility index (Phi) is 5.95. The number of rotatable bonds is 6. The third-order valence-corrected chi connectivity index (χ3v) is 4.97. The van der Waals surface area contributed by atoms with Crippen molar-refractivity contribution >= 4 is 0 Å². The molecule has 25 heavy (non-hydrogen) atoms. The highest BCUT2D eigenvalue weighted by Crippen LogP contribution is 2.28. The van der Waals surface area contributed by atoms with Crippen LogP contribution in [0.3, 0.4) is 0 Å². The molecule has 4 heteroatoms. The molecule has 0 aliphatic carbocycles. The maximum atomic E-state index is 5.41. The molecule has 0 unspecified atom stereocenters. The van der Waals surface area contributed by atoms with Crippen LogP contribution in [0.1, 0.15) is 16.7 Å². The van der Waals surface area contributed by atoms with Gasteiger partial charge in [-0.15, -0.1) is 0 Å². The van der Waals surface area contributed by atoms with E-state index in [4.69, 9.17) is 9.47 Å². The molecule has 1 fully saturated rings. The van der Waals surface area contributed by atoms with Crippen molar-refractivity contribution in [1.29, 1.82) is 0 Å². The normalized spacial score (nSPS) is 16.0. The summed E-state index contributed by atoms with van der Waals surface area (Å²) >= 11 is 0. The minimum atomic E-state index is 0.786. The van der Waals surface area contributed by atoms with Gasteiger partial charge in [0.15, 0.2) is 11.5 Å². The lowest BCUT2D eigenvalue weighted by molar-refractivity contribution is 0.122. The second-order valence-electron chi connectivity index (χ2n) is 6.67. The lowest BCUT2D eigenvalue weighted by Gasteiger charge is -2.35. The molecular formula is C21H28N2O2. The van der Waals surface area contributed by atoms with E-state index in [-0.39, 0.29) is 0 Å². The summed E-state index contributed by atoms with van der Waals surface area (Å²) in [6.45, 7) is 8.63. The molecule has 0 saturated carbocycles. The van der Waals surface area contributed by atoms with Crippen molar-refractivity contribution < 1.29 is 9.47 Å². The van der Waals surface area contributed by atoms with Gasteiger partial charge in [0.05, 0.1) is 14.2 Å². The fourth-order valence-corrected chi connectivity index (χ4v) is 3.37. The summed E-state index contributed by atoms with van der Waals surface area (Å²) in [6.07, 6.45) is 0.